The van der Waals surface area contributed by atoms with Gasteiger partial charge in [-0.25, -0.2) is 4.98 Å². The first-order valence-corrected chi connectivity index (χ1v) is 11.5. The molecule has 3 saturated carbocycles. The second kappa shape index (κ2) is 7.08. The van der Waals surface area contributed by atoms with Crippen molar-refractivity contribution in [2.24, 2.45) is 5.41 Å². The van der Waals surface area contributed by atoms with Gasteiger partial charge in [-0.05, 0) is 67.1 Å². The van der Waals surface area contributed by atoms with Crippen LogP contribution in [0.4, 0.5) is 0 Å². The minimum Gasteiger partial charge on any atom is -0.482 e. The number of carbonyl (C=O) groups is 1. The average molecular weight is 470 g/mol. The summed E-state index contributed by atoms with van der Waals surface area (Å²) in [5.74, 6) is 2.07. The van der Waals surface area contributed by atoms with Crippen molar-refractivity contribution in [2.45, 2.75) is 49.7 Å². The molecule has 7 rings (SSSR count). The molecule has 5 nitrogen and oxygen atoms in total. The van der Waals surface area contributed by atoms with E-state index in [1.165, 1.54) is 0 Å². The lowest BCUT2D eigenvalue weighted by molar-refractivity contribution is -0.171. The van der Waals surface area contributed by atoms with E-state index in [1.54, 1.807) is 24.4 Å². The van der Waals surface area contributed by atoms with Crippen LogP contribution in [0.2, 0.25) is 10.0 Å². The van der Waals surface area contributed by atoms with Gasteiger partial charge in [0.05, 0.1) is 12.3 Å². The van der Waals surface area contributed by atoms with Crippen LogP contribution in [-0.2, 0) is 10.2 Å². The highest BCUT2D eigenvalue weighted by atomic mass is 35.5. The number of hydrogen-bond donors (Lipinski definition) is 1. The molecule has 164 valence electrons. The zero-order chi connectivity index (χ0) is 22.1. The number of rotatable bonds is 5. The molecular weight excluding hydrogens is 449 g/mol. The fourth-order valence-electron chi connectivity index (χ4n) is 5.78. The summed E-state index contributed by atoms with van der Waals surface area (Å²) >= 11 is 12.0. The lowest BCUT2D eigenvalue weighted by Gasteiger charge is -2.69. The molecule has 2 heterocycles. The third-order valence-corrected chi connectivity index (χ3v) is 7.66. The normalized spacial score (nSPS) is 30.0. The largest absolute Gasteiger partial charge is 0.482 e. The van der Waals surface area contributed by atoms with Gasteiger partial charge in [0.25, 0.3) is 0 Å². The van der Waals surface area contributed by atoms with Crippen LogP contribution >= 0.6 is 23.2 Å². The van der Waals surface area contributed by atoms with Crippen molar-refractivity contribution < 1.29 is 19.1 Å². The van der Waals surface area contributed by atoms with E-state index in [9.17, 15) is 9.90 Å². The van der Waals surface area contributed by atoms with E-state index in [2.05, 4.69) is 4.98 Å². The number of ketones is 1. The van der Waals surface area contributed by atoms with E-state index in [0.29, 0.717) is 27.8 Å². The summed E-state index contributed by atoms with van der Waals surface area (Å²) in [5, 5.41) is 11.7. The summed E-state index contributed by atoms with van der Waals surface area (Å²) < 4.78 is 12.0. The summed E-state index contributed by atoms with van der Waals surface area (Å²) in [4.78, 5) is 17.5. The Kier molecular flexibility index (Phi) is 4.49. The van der Waals surface area contributed by atoms with Crippen LogP contribution in [0.5, 0.6) is 5.75 Å². The Bertz CT molecular complexity index is 1200. The number of oxazole rings is 1. The maximum atomic E-state index is 13.0. The Morgan fingerprint density at radius 3 is 2.56 bits per heavy atom. The van der Waals surface area contributed by atoms with Gasteiger partial charge in [-0.15, -0.1) is 0 Å². The zero-order valence-electron chi connectivity index (χ0n) is 17.2. The number of aliphatic hydroxyl groups excluding tert-OH is 1. The third-order valence-electron chi connectivity index (χ3n) is 7.17. The highest BCUT2D eigenvalue weighted by Crippen LogP contribution is 2.75. The predicted molar refractivity (Wildman–Crippen MR) is 120 cm³/mol. The summed E-state index contributed by atoms with van der Waals surface area (Å²) in [5.41, 5.74) is 1.53. The molecule has 7 heteroatoms. The van der Waals surface area contributed by atoms with Gasteiger partial charge in [-0.3, -0.25) is 4.79 Å². The molecule has 3 aromatic rings. The smallest absolute Gasteiger partial charge is 0.201 e. The van der Waals surface area contributed by atoms with Crippen LogP contribution in [0.3, 0.4) is 0 Å². The molecule has 4 aliphatic rings. The first kappa shape index (κ1) is 20.3. The molecule has 0 radical (unpaired) electrons. The van der Waals surface area contributed by atoms with Gasteiger partial charge in [0.1, 0.15) is 5.75 Å². The maximum Gasteiger partial charge on any atom is 0.201 e. The molecule has 32 heavy (non-hydrogen) atoms. The third kappa shape index (κ3) is 3.18. The number of ether oxygens (including phenoxy) is 1. The van der Waals surface area contributed by atoms with E-state index < -0.39 is 12.2 Å². The minimum absolute atomic E-state index is 0.000570. The molecule has 2 aromatic carbocycles. The standard InChI is InChI=1S/C25H21Cl2NO4/c26-15-3-1-14(2-4-15)22-10-28-23(32-22)25-11-24(12-25,13-25)9-19(30)21-8-18(29)17-7-16(27)5-6-20(17)31-21/h1-7,10,18,21,29H,8-9,11-13H2/t18-,21-,24?,25?/m1/s1. The number of fused-ring (bicyclic) bond motifs is 1. The van der Waals surface area contributed by atoms with Gasteiger partial charge < -0.3 is 14.3 Å². The van der Waals surface area contributed by atoms with Crippen molar-refractivity contribution in [2.75, 3.05) is 0 Å². The first-order valence-electron chi connectivity index (χ1n) is 10.7. The van der Waals surface area contributed by atoms with Crippen LogP contribution in [0.15, 0.2) is 53.1 Å². The summed E-state index contributed by atoms with van der Waals surface area (Å²) in [6.45, 7) is 0. The molecular formula is C25H21Cl2NO4. The number of nitrogens with zero attached hydrogens (tertiary/aromatic N) is 1. The topological polar surface area (TPSA) is 72.6 Å². The van der Waals surface area contributed by atoms with Gasteiger partial charge in [-0.2, -0.15) is 0 Å². The van der Waals surface area contributed by atoms with Crippen LogP contribution in [-0.4, -0.2) is 22.0 Å². The predicted octanol–water partition coefficient (Wildman–Crippen LogP) is 5.91. The Labute approximate surface area is 195 Å². The quantitative estimate of drug-likeness (QED) is 0.502. The van der Waals surface area contributed by atoms with Gasteiger partial charge >= 0.3 is 0 Å². The molecule has 3 fully saturated rings. The summed E-state index contributed by atoms with van der Waals surface area (Å²) in [7, 11) is 0. The van der Waals surface area contributed by atoms with Crippen LogP contribution < -0.4 is 4.74 Å². The second-order valence-corrected chi connectivity index (χ2v) is 10.4. The SMILES string of the molecule is O=C(CC12CC(c3ncc(-c4ccc(Cl)cc4)o3)(C1)C2)[C@H]1C[C@@H](O)c2cc(Cl)ccc2O1. The highest BCUT2D eigenvalue weighted by molar-refractivity contribution is 6.31. The van der Waals surface area contributed by atoms with Crippen LogP contribution in [0.25, 0.3) is 11.3 Å². The number of hydrogen-bond acceptors (Lipinski definition) is 5. The number of aliphatic hydroxyl groups is 1. The Hall–Kier alpha value is -2.34. The molecule has 1 N–H and O–H groups in total. The molecule has 3 aliphatic carbocycles. The summed E-state index contributed by atoms with van der Waals surface area (Å²) in [6, 6.07) is 12.6. The molecule has 2 atom stereocenters. The van der Waals surface area contributed by atoms with Gasteiger partial charge in [0, 0.05) is 39.4 Å². The van der Waals surface area contributed by atoms with Crippen molar-refractivity contribution in [1.82, 2.24) is 4.98 Å². The number of Topliss-reactive ketones (excluding diaryl/α,β-unsaturated/α-hetero) is 1. The van der Waals surface area contributed by atoms with Gasteiger partial charge in [0.15, 0.2) is 17.6 Å². The molecule has 0 saturated heterocycles. The van der Waals surface area contributed by atoms with Crippen LogP contribution in [0.1, 0.15) is 49.7 Å². The zero-order valence-corrected chi connectivity index (χ0v) is 18.7. The number of halogens is 2. The number of carbonyl (C=O) groups excluding carboxylic acids is 1. The second-order valence-electron chi connectivity index (χ2n) is 9.53. The fraction of sp³-hybridized carbons (Fsp3) is 0.360. The molecule has 1 aliphatic heterocycles. The van der Waals surface area contributed by atoms with Crippen LogP contribution in [0, 0.1) is 5.41 Å². The molecule has 0 amide bonds. The van der Waals surface area contributed by atoms with Gasteiger partial charge in [-0.1, -0.05) is 23.2 Å². The van der Waals surface area contributed by atoms with Crippen molar-refractivity contribution in [1.29, 1.82) is 0 Å². The van der Waals surface area contributed by atoms with E-state index in [0.717, 1.165) is 36.5 Å². The van der Waals surface area contributed by atoms with Gasteiger partial charge in [0.2, 0.25) is 5.89 Å². The molecule has 0 spiro atoms. The highest BCUT2D eigenvalue weighted by Gasteiger charge is 2.71. The van der Waals surface area contributed by atoms with Crippen molar-refractivity contribution in [3.8, 4) is 17.1 Å². The number of benzene rings is 2. The first-order chi connectivity index (χ1) is 15.3. The molecule has 1 aromatic heterocycles. The maximum absolute atomic E-state index is 13.0. The van der Waals surface area contributed by atoms with Crippen molar-refractivity contribution in [3.63, 3.8) is 0 Å². The van der Waals surface area contributed by atoms with Crippen molar-refractivity contribution >= 4 is 29.0 Å². The Morgan fingerprint density at radius 1 is 1.09 bits per heavy atom. The molecule has 2 bridgehead atoms. The molecule has 0 unspecified atom stereocenters. The monoisotopic (exact) mass is 469 g/mol. The average Bonchev–Trinajstić information content (AvgIpc) is 3.20. The van der Waals surface area contributed by atoms with Crippen molar-refractivity contribution in [3.05, 3.63) is 70.2 Å². The summed E-state index contributed by atoms with van der Waals surface area (Å²) in [6.07, 6.45) is 3.80. The number of aromatic nitrogens is 1. The van der Waals surface area contributed by atoms with E-state index >= 15 is 0 Å². The lowest BCUT2D eigenvalue weighted by Crippen LogP contribution is -2.65. The minimum atomic E-state index is -0.746. The Morgan fingerprint density at radius 2 is 1.81 bits per heavy atom. The van der Waals surface area contributed by atoms with E-state index in [1.807, 2.05) is 24.3 Å². The van der Waals surface area contributed by atoms with E-state index in [-0.39, 0.29) is 23.0 Å². The van der Waals surface area contributed by atoms with E-state index in [4.69, 9.17) is 32.4 Å². The Balaban J connectivity index is 1.10. The fourth-order valence-corrected chi connectivity index (χ4v) is 6.08. The lowest BCUT2D eigenvalue weighted by atomic mass is 9.34.